The Bertz CT molecular complexity index is 471. The van der Waals surface area contributed by atoms with Crippen LogP contribution in [0.3, 0.4) is 0 Å². The third-order valence-electron chi connectivity index (χ3n) is 2.45. The van der Waals surface area contributed by atoms with Crippen molar-refractivity contribution >= 4 is 26.0 Å². The minimum atomic E-state index is -3.63. The highest BCUT2D eigenvalue weighted by atomic mass is 79.9. The van der Waals surface area contributed by atoms with Crippen molar-refractivity contribution in [2.24, 2.45) is 11.1 Å². The van der Waals surface area contributed by atoms with Crippen molar-refractivity contribution in [1.82, 2.24) is 0 Å². The van der Waals surface area contributed by atoms with Crippen LogP contribution in [0.1, 0.15) is 25.8 Å². The van der Waals surface area contributed by atoms with Crippen molar-refractivity contribution in [3.63, 3.8) is 0 Å². The van der Waals surface area contributed by atoms with E-state index in [-0.39, 0.29) is 9.72 Å². The van der Waals surface area contributed by atoms with Gasteiger partial charge in [-0.25, -0.2) is 13.6 Å². The van der Waals surface area contributed by atoms with E-state index in [2.05, 4.69) is 29.8 Å². The summed E-state index contributed by atoms with van der Waals surface area (Å²) in [6.45, 7) is 4.28. The van der Waals surface area contributed by atoms with Crippen molar-refractivity contribution in [2.75, 3.05) is 0 Å². The molecule has 0 saturated carbocycles. The minimum Gasteiger partial charge on any atom is -0.225 e. The number of halogens is 1. The standard InChI is InChI=1S/C12H18BrNO2S/c1-9(2)7-11(13)8-10-5-3-4-6-12(10)17(14,15)16/h3-6,9,11H,7-8H2,1-2H3,(H2,14,15,16). The lowest BCUT2D eigenvalue weighted by molar-refractivity contribution is 0.567. The molecule has 1 unspecified atom stereocenters. The van der Waals surface area contributed by atoms with Gasteiger partial charge in [-0.3, -0.25) is 0 Å². The molecule has 1 atom stereocenters. The third-order valence-corrected chi connectivity index (χ3v) is 4.16. The zero-order valence-corrected chi connectivity index (χ0v) is 12.5. The van der Waals surface area contributed by atoms with Crippen LogP contribution in [0.5, 0.6) is 0 Å². The smallest absolute Gasteiger partial charge is 0.225 e. The molecule has 0 aliphatic carbocycles. The number of nitrogens with two attached hydrogens (primary N) is 1. The first-order valence-corrected chi connectivity index (χ1v) is 8.01. The van der Waals surface area contributed by atoms with Crippen LogP contribution >= 0.6 is 15.9 Å². The summed E-state index contributed by atoms with van der Waals surface area (Å²) in [5, 5.41) is 5.19. The number of hydrogen-bond acceptors (Lipinski definition) is 2. The van der Waals surface area contributed by atoms with Crippen molar-refractivity contribution in [3.05, 3.63) is 29.8 Å². The van der Waals surface area contributed by atoms with Gasteiger partial charge in [-0.1, -0.05) is 48.0 Å². The second-order valence-electron chi connectivity index (χ2n) is 4.58. The second kappa shape index (κ2) is 5.98. The van der Waals surface area contributed by atoms with Gasteiger partial charge >= 0.3 is 0 Å². The van der Waals surface area contributed by atoms with Crippen LogP contribution < -0.4 is 5.14 Å². The van der Waals surface area contributed by atoms with E-state index in [0.717, 1.165) is 12.0 Å². The molecule has 0 aromatic heterocycles. The average molecular weight is 320 g/mol. The average Bonchev–Trinajstić information content (AvgIpc) is 2.15. The van der Waals surface area contributed by atoms with E-state index in [1.165, 1.54) is 0 Å². The highest BCUT2D eigenvalue weighted by molar-refractivity contribution is 9.09. The maximum atomic E-state index is 11.4. The van der Waals surface area contributed by atoms with Gasteiger partial charge in [0.1, 0.15) is 0 Å². The van der Waals surface area contributed by atoms with Crippen molar-refractivity contribution in [3.8, 4) is 0 Å². The molecule has 0 heterocycles. The topological polar surface area (TPSA) is 60.2 Å². The van der Waals surface area contributed by atoms with Gasteiger partial charge in [0.15, 0.2) is 0 Å². The van der Waals surface area contributed by atoms with Crippen LogP contribution in [-0.2, 0) is 16.4 Å². The summed E-state index contributed by atoms with van der Waals surface area (Å²) in [4.78, 5) is 0.499. The molecular formula is C12H18BrNO2S. The van der Waals surface area contributed by atoms with Crippen LogP contribution in [0.2, 0.25) is 0 Å². The maximum Gasteiger partial charge on any atom is 0.238 e. The van der Waals surface area contributed by atoms with E-state index in [9.17, 15) is 8.42 Å². The van der Waals surface area contributed by atoms with Crippen LogP contribution in [-0.4, -0.2) is 13.2 Å². The van der Waals surface area contributed by atoms with E-state index in [4.69, 9.17) is 5.14 Å². The predicted molar refractivity (Wildman–Crippen MR) is 73.7 cm³/mol. The van der Waals surface area contributed by atoms with Crippen LogP contribution in [0.4, 0.5) is 0 Å². The monoisotopic (exact) mass is 319 g/mol. The van der Waals surface area contributed by atoms with E-state index >= 15 is 0 Å². The molecule has 0 fully saturated rings. The summed E-state index contributed by atoms with van der Waals surface area (Å²) in [5.41, 5.74) is 0.775. The summed E-state index contributed by atoms with van der Waals surface area (Å²) >= 11 is 3.58. The molecule has 0 amide bonds. The van der Waals surface area contributed by atoms with Gasteiger partial charge in [-0.05, 0) is 30.4 Å². The van der Waals surface area contributed by atoms with Gasteiger partial charge in [0, 0.05) is 4.83 Å². The van der Waals surface area contributed by atoms with Gasteiger partial charge < -0.3 is 0 Å². The number of benzene rings is 1. The molecule has 1 aromatic carbocycles. The zero-order chi connectivity index (χ0) is 13.1. The molecule has 0 radical (unpaired) electrons. The van der Waals surface area contributed by atoms with Crippen molar-refractivity contribution in [2.45, 2.75) is 36.4 Å². The van der Waals surface area contributed by atoms with Crippen LogP contribution in [0, 0.1) is 5.92 Å². The predicted octanol–water partition coefficient (Wildman–Crippen LogP) is 2.69. The Kier molecular flexibility index (Phi) is 5.16. The van der Waals surface area contributed by atoms with Crippen molar-refractivity contribution in [1.29, 1.82) is 0 Å². The molecule has 96 valence electrons. The van der Waals surface area contributed by atoms with E-state index in [1.54, 1.807) is 12.1 Å². The lowest BCUT2D eigenvalue weighted by atomic mass is 10.0. The molecule has 0 spiro atoms. The summed E-state index contributed by atoms with van der Waals surface area (Å²) < 4.78 is 22.8. The molecule has 0 bridgehead atoms. The second-order valence-corrected chi connectivity index (χ2v) is 7.41. The highest BCUT2D eigenvalue weighted by Gasteiger charge is 2.16. The Balaban J connectivity index is 2.92. The molecule has 17 heavy (non-hydrogen) atoms. The number of hydrogen-bond donors (Lipinski definition) is 1. The Morgan fingerprint density at radius 3 is 2.41 bits per heavy atom. The first-order valence-electron chi connectivity index (χ1n) is 5.55. The number of rotatable bonds is 5. The molecule has 3 nitrogen and oxygen atoms in total. The van der Waals surface area contributed by atoms with Gasteiger partial charge in [0.05, 0.1) is 4.90 Å². The van der Waals surface area contributed by atoms with Gasteiger partial charge in [-0.15, -0.1) is 0 Å². The Hall–Kier alpha value is -0.390. The Morgan fingerprint density at radius 1 is 1.29 bits per heavy atom. The largest absolute Gasteiger partial charge is 0.238 e. The molecule has 1 rings (SSSR count). The fourth-order valence-electron chi connectivity index (χ4n) is 1.78. The van der Waals surface area contributed by atoms with E-state index < -0.39 is 10.0 Å². The molecular weight excluding hydrogens is 302 g/mol. The Labute approximate surface area is 112 Å². The number of alkyl halides is 1. The van der Waals surface area contributed by atoms with Gasteiger partial charge in [0.25, 0.3) is 0 Å². The van der Waals surface area contributed by atoms with Crippen LogP contribution in [0.15, 0.2) is 29.2 Å². The van der Waals surface area contributed by atoms with Crippen LogP contribution in [0.25, 0.3) is 0 Å². The summed E-state index contributed by atoms with van der Waals surface area (Å²) in [5.74, 6) is 0.570. The molecule has 5 heteroatoms. The van der Waals surface area contributed by atoms with Gasteiger partial charge in [0.2, 0.25) is 10.0 Å². The fraction of sp³-hybridized carbons (Fsp3) is 0.500. The summed E-state index contributed by atoms with van der Waals surface area (Å²) in [6, 6.07) is 6.89. The summed E-state index contributed by atoms with van der Waals surface area (Å²) in [7, 11) is -3.63. The molecule has 0 aliphatic rings. The SMILES string of the molecule is CC(C)CC(Br)Cc1ccccc1S(N)(=O)=O. The normalized spacial score (nSPS) is 13.9. The summed E-state index contributed by atoms with van der Waals surface area (Å²) in [6.07, 6.45) is 1.67. The fourth-order valence-corrected chi connectivity index (χ4v) is 3.66. The third kappa shape index (κ3) is 4.77. The zero-order valence-electron chi connectivity index (χ0n) is 10.1. The van der Waals surface area contributed by atoms with Gasteiger partial charge in [-0.2, -0.15) is 0 Å². The first kappa shape index (κ1) is 14.7. The Morgan fingerprint density at radius 2 is 1.88 bits per heavy atom. The molecule has 2 N–H and O–H groups in total. The van der Waals surface area contributed by atoms with E-state index in [1.807, 2.05) is 12.1 Å². The van der Waals surface area contributed by atoms with E-state index in [0.29, 0.717) is 12.3 Å². The lowest BCUT2D eigenvalue weighted by Gasteiger charge is -2.14. The maximum absolute atomic E-state index is 11.4. The molecule has 0 saturated heterocycles. The minimum absolute atomic E-state index is 0.230. The molecule has 0 aliphatic heterocycles. The lowest BCUT2D eigenvalue weighted by Crippen LogP contribution is -2.16. The highest BCUT2D eigenvalue weighted by Crippen LogP contribution is 2.22. The molecule has 1 aromatic rings. The van der Waals surface area contributed by atoms with Crippen molar-refractivity contribution < 1.29 is 8.42 Å². The first-order chi connectivity index (χ1) is 7.80. The number of primary sulfonamides is 1. The number of sulfonamides is 1. The quantitative estimate of drug-likeness (QED) is 0.848.